The van der Waals surface area contributed by atoms with Crippen LogP contribution in [0.25, 0.3) is 27.6 Å². The number of hydrogen-bond acceptors (Lipinski definition) is 2. The van der Waals surface area contributed by atoms with E-state index in [0.29, 0.717) is 8.67 Å². The van der Waals surface area contributed by atoms with Gasteiger partial charge in [0, 0.05) is 16.7 Å². The first-order valence-corrected chi connectivity index (χ1v) is 11.6. The standard InChI is InChI=1S/C27H16Cl2OS/c28-25-16-23(26(29)31-25)27(20-11-9-17-5-1-2-7-19(17)15-20)14-13-22-21-8-4-3-6-18(21)10-12-24(22)30-27/h1-16H. The van der Waals surface area contributed by atoms with Crippen molar-refractivity contribution in [2.24, 2.45) is 0 Å². The quantitative estimate of drug-likeness (QED) is 0.257. The van der Waals surface area contributed by atoms with Crippen LogP contribution in [0, 0.1) is 0 Å². The maximum absolute atomic E-state index is 6.82. The normalized spacial score (nSPS) is 17.6. The fraction of sp³-hybridized carbons (Fsp3) is 0.0370. The topological polar surface area (TPSA) is 9.23 Å². The number of ether oxygens (including phenoxy) is 1. The molecule has 1 unspecified atom stereocenters. The van der Waals surface area contributed by atoms with E-state index in [2.05, 4.69) is 72.8 Å². The Kier molecular flexibility index (Phi) is 4.36. The third kappa shape index (κ3) is 2.98. The first kappa shape index (κ1) is 18.9. The van der Waals surface area contributed by atoms with Crippen LogP contribution in [0.3, 0.4) is 0 Å². The zero-order valence-corrected chi connectivity index (χ0v) is 18.6. The van der Waals surface area contributed by atoms with Crippen LogP contribution in [-0.4, -0.2) is 0 Å². The molecule has 4 heteroatoms. The van der Waals surface area contributed by atoms with Gasteiger partial charge in [-0.25, -0.2) is 0 Å². The summed E-state index contributed by atoms with van der Waals surface area (Å²) in [6.07, 6.45) is 4.26. The van der Waals surface area contributed by atoms with Crippen LogP contribution >= 0.6 is 34.5 Å². The van der Waals surface area contributed by atoms with Crippen molar-refractivity contribution in [3.63, 3.8) is 0 Å². The van der Waals surface area contributed by atoms with Crippen LogP contribution in [0.1, 0.15) is 16.7 Å². The van der Waals surface area contributed by atoms with Gasteiger partial charge in [-0.05, 0) is 51.9 Å². The number of hydrogen-bond donors (Lipinski definition) is 0. The fourth-order valence-electron chi connectivity index (χ4n) is 4.41. The molecule has 0 radical (unpaired) electrons. The lowest BCUT2D eigenvalue weighted by Crippen LogP contribution is -2.34. The molecule has 0 aliphatic carbocycles. The van der Waals surface area contributed by atoms with Gasteiger partial charge < -0.3 is 4.74 Å². The summed E-state index contributed by atoms with van der Waals surface area (Å²) in [4.78, 5) is 0. The van der Waals surface area contributed by atoms with Gasteiger partial charge in [-0.3, -0.25) is 0 Å². The molecule has 0 N–H and O–H groups in total. The van der Waals surface area contributed by atoms with Crippen molar-refractivity contribution in [2.45, 2.75) is 5.60 Å². The van der Waals surface area contributed by atoms with E-state index < -0.39 is 5.60 Å². The van der Waals surface area contributed by atoms with Gasteiger partial charge in [-0.15, -0.1) is 11.3 Å². The van der Waals surface area contributed by atoms with Crippen LogP contribution in [0.4, 0.5) is 0 Å². The molecule has 1 aliphatic rings. The van der Waals surface area contributed by atoms with Crippen molar-refractivity contribution in [1.29, 1.82) is 0 Å². The predicted octanol–water partition coefficient (Wildman–Crippen LogP) is 8.71. The monoisotopic (exact) mass is 458 g/mol. The molecule has 0 amide bonds. The van der Waals surface area contributed by atoms with Gasteiger partial charge in [0.15, 0.2) is 5.60 Å². The molecule has 1 aromatic heterocycles. The highest BCUT2D eigenvalue weighted by molar-refractivity contribution is 7.20. The van der Waals surface area contributed by atoms with Crippen LogP contribution < -0.4 is 4.74 Å². The zero-order valence-electron chi connectivity index (χ0n) is 16.3. The Hall–Kier alpha value is -2.78. The lowest BCUT2D eigenvalue weighted by molar-refractivity contribution is 0.162. The van der Waals surface area contributed by atoms with Gasteiger partial charge in [0.2, 0.25) is 0 Å². The lowest BCUT2D eigenvalue weighted by atomic mass is 9.83. The molecule has 4 aromatic carbocycles. The second-order valence-corrected chi connectivity index (χ2v) is 9.95. The molecule has 6 rings (SSSR count). The number of fused-ring (bicyclic) bond motifs is 4. The zero-order chi connectivity index (χ0) is 21.0. The van der Waals surface area contributed by atoms with Crippen molar-refractivity contribution in [3.8, 4) is 5.75 Å². The maximum Gasteiger partial charge on any atom is 0.180 e. The van der Waals surface area contributed by atoms with Crippen LogP contribution in [0.15, 0.2) is 91.0 Å². The van der Waals surface area contributed by atoms with Gasteiger partial charge in [0.05, 0.1) is 4.34 Å². The minimum Gasteiger partial charge on any atom is -0.473 e. The second kappa shape index (κ2) is 7.13. The van der Waals surface area contributed by atoms with Gasteiger partial charge in [-0.1, -0.05) is 89.9 Å². The van der Waals surface area contributed by atoms with E-state index in [0.717, 1.165) is 33.2 Å². The average molecular weight is 459 g/mol. The fourth-order valence-corrected chi connectivity index (χ4v) is 5.99. The minimum absolute atomic E-state index is 0.632. The average Bonchev–Trinajstić information content (AvgIpc) is 3.16. The van der Waals surface area contributed by atoms with E-state index in [1.54, 1.807) is 0 Å². The molecule has 0 bridgehead atoms. The predicted molar refractivity (Wildman–Crippen MR) is 133 cm³/mol. The SMILES string of the molecule is Clc1cc(C2(c3ccc4ccccc4c3)C=Cc3c(ccc4ccccc34)O2)c(Cl)s1. The summed E-state index contributed by atoms with van der Waals surface area (Å²) in [5.74, 6) is 0.827. The Balaban J connectivity index is 1.62. The summed E-state index contributed by atoms with van der Waals surface area (Å²) in [6, 6.07) is 29.1. The minimum atomic E-state index is -0.861. The molecular weight excluding hydrogens is 443 g/mol. The molecule has 31 heavy (non-hydrogen) atoms. The van der Waals surface area contributed by atoms with E-state index in [1.165, 1.54) is 22.1 Å². The number of rotatable bonds is 2. The van der Waals surface area contributed by atoms with Gasteiger partial charge in [0.1, 0.15) is 10.1 Å². The Morgan fingerprint density at radius 3 is 2.29 bits per heavy atom. The molecule has 0 saturated heterocycles. The number of benzene rings is 4. The highest BCUT2D eigenvalue weighted by Crippen LogP contribution is 2.49. The summed E-state index contributed by atoms with van der Waals surface area (Å²) in [7, 11) is 0. The van der Waals surface area contributed by atoms with Crippen LogP contribution in [-0.2, 0) is 5.60 Å². The molecule has 1 nitrogen and oxygen atoms in total. The Bertz CT molecular complexity index is 1500. The number of halogens is 2. The summed E-state index contributed by atoms with van der Waals surface area (Å²) in [6.45, 7) is 0. The molecule has 150 valence electrons. The van der Waals surface area contributed by atoms with E-state index in [9.17, 15) is 0 Å². The van der Waals surface area contributed by atoms with Crippen molar-refractivity contribution in [3.05, 3.63) is 116 Å². The summed E-state index contributed by atoms with van der Waals surface area (Å²) >= 11 is 14.4. The Labute approximate surface area is 194 Å². The van der Waals surface area contributed by atoms with E-state index in [-0.39, 0.29) is 0 Å². The lowest BCUT2D eigenvalue weighted by Gasteiger charge is -2.36. The van der Waals surface area contributed by atoms with Crippen molar-refractivity contribution < 1.29 is 4.74 Å². The Morgan fingerprint density at radius 2 is 1.48 bits per heavy atom. The molecule has 5 aromatic rings. The third-order valence-corrected chi connectivity index (χ3v) is 7.41. The molecule has 0 spiro atoms. The highest BCUT2D eigenvalue weighted by Gasteiger charge is 2.40. The first-order chi connectivity index (χ1) is 15.1. The molecule has 0 fully saturated rings. The second-order valence-electron chi connectivity index (χ2n) is 7.67. The highest BCUT2D eigenvalue weighted by atomic mass is 35.5. The summed E-state index contributed by atoms with van der Waals surface area (Å²) in [5.41, 5.74) is 2.08. The van der Waals surface area contributed by atoms with Gasteiger partial charge in [0.25, 0.3) is 0 Å². The summed E-state index contributed by atoms with van der Waals surface area (Å²) < 4.78 is 8.09. The van der Waals surface area contributed by atoms with Gasteiger partial charge >= 0.3 is 0 Å². The smallest absolute Gasteiger partial charge is 0.180 e. The molecular formula is C27H16Cl2OS. The van der Waals surface area contributed by atoms with Crippen molar-refractivity contribution in [1.82, 2.24) is 0 Å². The molecule has 0 saturated carbocycles. The van der Waals surface area contributed by atoms with E-state index in [1.807, 2.05) is 24.3 Å². The Morgan fingerprint density at radius 1 is 0.742 bits per heavy atom. The van der Waals surface area contributed by atoms with Crippen LogP contribution in [0.2, 0.25) is 8.67 Å². The van der Waals surface area contributed by atoms with E-state index in [4.69, 9.17) is 27.9 Å². The first-order valence-electron chi connectivity index (χ1n) is 9.99. The molecule has 1 aliphatic heterocycles. The number of thiophene rings is 1. The van der Waals surface area contributed by atoms with Crippen LogP contribution in [0.5, 0.6) is 5.75 Å². The molecule has 2 heterocycles. The van der Waals surface area contributed by atoms with Crippen molar-refractivity contribution in [2.75, 3.05) is 0 Å². The van der Waals surface area contributed by atoms with Crippen molar-refractivity contribution >= 4 is 62.2 Å². The van der Waals surface area contributed by atoms with E-state index >= 15 is 0 Å². The summed E-state index contributed by atoms with van der Waals surface area (Å²) in [5, 5.41) is 4.68. The third-order valence-electron chi connectivity index (χ3n) is 5.92. The molecule has 1 atom stereocenters. The maximum atomic E-state index is 6.82. The van der Waals surface area contributed by atoms with Gasteiger partial charge in [-0.2, -0.15) is 0 Å². The largest absolute Gasteiger partial charge is 0.473 e.